The number of hydrogen-bond donors (Lipinski definition) is 0. The Morgan fingerprint density at radius 3 is 2.71 bits per heavy atom. The fourth-order valence-corrected chi connectivity index (χ4v) is 1.78. The van der Waals surface area contributed by atoms with Crippen LogP contribution in [0, 0.1) is 0 Å². The lowest BCUT2D eigenvalue weighted by Crippen LogP contribution is -2.11. The van der Waals surface area contributed by atoms with Crippen LogP contribution < -0.4 is 4.74 Å². The number of ether oxygens (including phenoxy) is 1. The molecule has 0 aliphatic rings. The first kappa shape index (κ1) is 12.9. The molecular formula is C14H11N5O2. The number of carbonyl (C=O) groups is 1. The minimum Gasteiger partial charge on any atom is -0.426 e. The number of pyridine rings is 1. The first-order valence-corrected chi connectivity index (χ1v) is 6.24. The molecule has 104 valence electrons. The van der Waals surface area contributed by atoms with Gasteiger partial charge in [0.1, 0.15) is 12.1 Å². The van der Waals surface area contributed by atoms with E-state index >= 15 is 0 Å². The number of rotatable bonds is 4. The van der Waals surface area contributed by atoms with Crippen LogP contribution >= 0.6 is 0 Å². The van der Waals surface area contributed by atoms with Crippen LogP contribution in [0.25, 0.3) is 5.69 Å². The molecule has 0 amide bonds. The van der Waals surface area contributed by atoms with Crippen molar-refractivity contribution in [3.05, 3.63) is 60.7 Å². The molecule has 0 aliphatic heterocycles. The lowest BCUT2D eigenvalue weighted by atomic mass is 10.2. The molecule has 0 aliphatic carbocycles. The number of benzene rings is 1. The van der Waals surface area contributed by atoms with Gasteiger partial charge in [0.05, 0.1) is 12.1 Å². The summed E-state index contributed by atoms with van der Waals surface area (Å²) in [7, 11) is 0. The lowest BCUT2D eigenvalue weighted by Gasteiger charge is -2.05. The second-order valence-corrected chi connectivity index (χ2v) is 4.26. The predicted molar refractivity (Wildman–Crippen MR) is 72.7 cm³/mol. The van der Waals surface area contributed by atoms with Crippen molar-refractivity contribution in [3.63, 3.8) is 0 Å². The minimum atomic E-state index is -0.335. The highest BCUT2D eigenvalue weighted by atomic mass is 16.5. The van der Waals surface area contributed by atoms with Crippen molar-refractivity contribution in [2.24, 2.45) is 0 Å². The van der Waals surface area contributed by atoms with Gasteiger partial charge in [-0.2, -0.15) is 0 Å². The Labute approximate surface area is 120 Å². The molecule has 3 aromatic rings. The second-order valence-electron chi connectivity index (χ2n) is 4.26. The van der Waals surface area contributed by atoms with Crippen LogP contribution in [-0.2, 0) is 11.2 Å². The second kappa shape index (κ2) is 5.91. The summed E-state index contributed by atoms with van der Waals surface area (Å²) >= 11 is 0. The van der Waals surface area contributed by atoms with Crippen LogP contribution in [0.5, 0.6) is 5.75 Å². The van der Waals surface area contributed by atoms with Crippen molar-refractivity contribution in [2.75, 3.05) is 0 Å². The Morgan fingerprint density at radius 2 is 2.05 bits per heavy atom. The van der Waals surface area contributed by atoms with Gasteiger partial charge in [-0.1, -0.05) is 6.07 Å². The maximum absolute atomic E-state index is 11.8. The smallest absolute Gasteiger partial charge is 0.315 e. The average molecular weight is 281 g/mol. The highest BCUT2D eigenvalue weighted by Crippen LogP contribution is 2.15. The van der Waals surface area contributed by atoms with E-state index in [0.29, 0.717) is 5.75 Å². The van der Waals surface area contributed by atoms with Gasteiger partial charge >= 0.3 is 5.97 Å². The van der Waals surface area contributed by atoms with E-state index in [9.17, 15) is 4.79 Å². The molecule has 2 heterocycles. The number of aromatic nitrogens is 5. The third kappa shape index (κ3) is 3.27. The Hall–Kier alpha value is -3.09. The lowest BCUT2D eigenvalue weighted by molar-refractivity contribution is -0.133. The Kier molecular flexibility index (Phi) is 3.64. The molecular weight excluding hydrogens is 270 g/mol. The first-order valence-electron chi connectivity index (χ1n) is 6.24. The Bertz CT molecular complexity index is 711. The number of carbonyl (C=O) groups excluding carboxylic acids is 1. The fraction of sp³-hybridized carbons (Fsp3) is 0.0714. The molecule has 0 fully saturated rings. The van der Waals surface area contributed by atoms with Crippen LogP contribution in [-0.4, -0.2) is 31.2 Å². The normalized spacial score (nSPS) is 10.3. The number of tetrazole rings is 1. The minimum absolute atomic E-state index is 0.183. The molecule has 3 rings (SSSR count). The summed E-state index contributed by atoms with van der Waals surface area (Å²) in [5.41, 5.74) is 1.60. The molecule has 0 N–H and O–H groups in total. The molecule has 0 radical (unpaired) electrons. The molecule has 0 spiro atoms. The molecule has 2 aromatic heterocycles. The van der Waals surface area contributed by atoms with E-state index in [0.717, 1.165) is 11.3 Å². The molecule has 7 nitrogen and oxygen atoms in total. The summed E-state index contributed by atoms with van der Waals surface area (Å²) < 4.78 is 6.78. The fourth-order valence-electron chi connectivity index (χ4n) is 1.78. The maximum Gasteiger partial charge on any atom is 0.315 e. The van der Waals surface area contributed by atoms with Gasteiger partial charge < -0.3 is 4.74 Å². The predicted octanol–water partition coefficient (Wildman–Crippen LogP) is 1.21. The summed E-state index contributed by atoms with van der Waals surface area (Å²) in [5.74, 6) is 0.138. The van der Waals surface area contributed by atoms with Crippen molar-refractivity contribution in [2.45, 2.75) is 6.42 Å². The van der Waals surface area contributed by atoms with Crippen LogP contribution in [0.4, 0.5) is 0 Å². The molecule has 0 saturated carbocycles. The van der Waals surface area contributed by atoms with Gasteiger partial charge in [-0.3, -0.25) is 9.78 Å². The summed E-state index contributed by atoms with van der Waals surface area (Å²) in [4.78, 5) is 15.8. The van der Waals surface area contributed by atoms with Crippen molar-refractivity contribution < 1.29 is 9.53 Å². The van der Waals surface area contributed by atoms with E-state index < -0.39 is 0 Å². The van der Waals surface area contributed by atoms with Crippen molar-refractivity contribution in [1.29, 1.82) is 0 Å². The maximum atomic E-state index is 11.8. The molecule has 0 atom stereocenters. The molecule has 0 unspecified atom stereocenters. The Morgan fingerprint density at radius 1 is 1.19 bits per heavy atom. The highest BCUT2D eigenvalue weighted by Gasteiger charge is 2.07. The summed E-state index contributed by atoms with van der Waals surface area (Å²) in [6.45, 7) is 0. The van der Waals surface area contributed by atoms with Gasteiger partial charge in [0, 0.05) is 12.4 Å². The van der Waals surface area contributed by atoms with Crippen molar-refractivity contribution in [3.8, 4) is 11.4 Å². The molecule has 0 bridgehead atoms. The summed E-state index contributed by atoms with van der Waals surface area (Å²) in [6.07, 6.45) is 4.97. The van der Waals surface area contributed by atoms with Gasteiger partial charge in [0.25, 0.3) is 0 Å². The van der Waals surface area contributed by atoms with Crippen LogP contribution in [0.15, 0.2) is 55.1 Å². The third-order valence-electron chi connectivity index (χ3n) is 2.75. The van der Waals surface area contributed by atoms with Crippen molar-refractivity contribution in [1.82, 2.24) is 25.2 Å². The molecule has 7 heteroatoms. The topological polar surface area (TPSA) is 82.8 Å². The zero-order valence-electron chi connectivity index (χ0n) is 11.0. The van der Waals surface area contributed by atoms with Crippen LogP contribution in [0.2, 0.25) is 0 Å². The van der Waals surface area contributed by atoms with E-state index in [1.54, 1.807) is 42.7 Å². The Balaban J connectivity index is 1.64. The standard InChI is InChI=1S/C14H11N5O2/c20-14(8-11-2-1-7-15-9-11)21-13-5-3-12(4-6-13)19-10-16-17-18-19/h1-7,9-10H,8H2. The van der Waals surface area contributed by atoms with E-state index in [4.69, 9.17) is 4.74 Å². The van der Waals surface area contributed by atoms with Gasteiger partial charge in [0.2, 0.25) is 0 Å². The van der Waals surface area contributed by atoms with Gasteiger partial charge in [-0.05, 0) is 46.3 Å². The number of esters is 1. The summed E-state index contributed by atoms with van der Waals surface area (Å²) in [5, 5.41) is 10.9. The SMILES string of the molecule is O=C(Cc1cccnc1)Oc1ccc(-n2cnnn2)cc1. The average Bonchev–Trinajstić information content (AvgIpc) is 3.03. The molecule has 1 aromatic carbocycles. The number of nitrogens with zero attached hydrogens (tertiary/aromatic N) is 5. The highest BCUT2D eigenvalue weighted by molar-refractivity contribution is 5.75. The molecule has 21 heavy (non-hydrogen) atoms. The third-order valence-corrected chi connectivity index (χ3v) is 2.75. The monoisotopic (exact) mass is 281 g/mol. The van der Waals surface area contributed by atoms with E-state index in [-0.39, 0.29) is 12.4 Å². The largest absolute Gasteiger partial charge is 0.426 e. The number of hydrogen-bond acceptors (Lipinski definition) is 6. The zero-order chi connectivity index (χ0) is 14.5. The quantitative estimate of drug-likeness (QED) is 0.528. The molecule has 0 saturated heterocycles. The van der Waals surface area contributed by atoms with Gasteiger partial charge in [-0.25, -0.2) is 4.68 Å². The van der Waals surface area contributed by atoms with Gasteiger partial charge in [0.15, 0.2) is 0 Å². The first-order chi connectivity index (χ1) is 10.3. The van der Waals surface area contributed by atoms with Gasteiger partial charge in [-0.15, -0.1) is 5.10 Å². The summed E-state index contributed by atoms with van der Waals surface area (Å²) in [6, 6.07) is 10.5. The van der Waals surface area contributed by atoms with E-state index in [2.05, 4.69) is 20.5 Å². The van der Waals surface area contributed by atoms with Crippen LogP contribution in [0.3, 0.4) is 0 Å². The van der Waals surface area contributed by atoms with Crippen molar-refractivity contribution >= 4 is 5.97 Å². The van der Waals surface area contributed by atoms with Crippen LogP contribution in [0.1, 0.15) is 5.56 Å². The zero-order valence-corrected chi connectivity index (χ0v) is 11.0. The van der Waals surface area contributed by atoms with E-state index in [1.165, 1.54) is 11.0 Å². The van der Waals surface area contributed by atoms with E-state index in [1.807, 2.05) is 6.07 Å².